The molecular weight excluding hydrogens is 444 g/mol. The molecule has 1 saturated carbocycles. The standard InChI is InChI=1S/C24H30N2O8/c1-9(2)7-13(23(31)32)25-19(27)15-11-5-6-12(16(15)20(25)28)18-17(11)21(29)26(22(18)30)14(24(33)34)8-10(3)4/h5-6,9-18H,7-8H2,1-4H3,(H,31,32)(H,33,34)/t11?,12?,13-,14+,15-,16-,17-,18+/m0/s1. The van der Waals surface area contributed by atoms with Crippen molar-refractivity contribution in [3.63, 3.8) is 0 Å². The quantitative estimate of drug-likeness (QED) is 0.391. The second-order valence-corrected chi connectivity index (χ2v) is 10.7. The second-order valence-electron chi connectivity index (χ2n) is 10.7. The molecule has 2 aliphatic heterocycles. The Morgan fingerprint density at radius 3 is 1.15 bits per heavy atom. The van der Waals surface area contributed by atoms with E-state index in [0.29, 0.717) is 0 Å². The number of carboxylic acid groups (broad SMARTS) is 2. The molecule has 10 heteroatoms. The Labute approximate surface area is 196 Å². The number of carbonyl (C=O) groups is 6. The molecule has 2 N–H and O–H groups in total. The van der Waals surface area contributed by atoms with E-state index in [1.165, 1.54) is 0 Å². The Morgan fingerprint density at radius 1 is 0.676 bits per heavy atom. The number of amides is 4. The summed E-state index contributed by atoms with van der Waals surface area (Å²) >= 11 is 0. The summed E-state index contributed by atoms with van der Waals surface area (Å²) < 4.78 is 0. The monoisotopic (exact) mass is 474 g/mol. The molecule has 5 rings (SSSR count). The molecule has 4 amide bonds. The molecule has 2 bridgehead atoms. The van der Waals surface area contributed by atoms with Gasteiger partial charge in [-0.25, -0.2) is 9.59 Å². The number of hydrogen-bond acceptors (Lipinski definition) is 6. The van der Waals surface area contributed by atoms with Gasteiger partial charge in [0.1, 0.15) is 12.1 Å². The van der Waals surface area contributed by atoms with Crippen LogP contribution in [0.15, 0.2) is 12.2 Å². The van der Waals surface area contributed by atoms with Gasteiger partial charge < -0.3 is 10.2 Å². The van der Waals surface area contributed by atoms with Crippen LogP contribution in [0.25, 0.3) is 0 Å². The Kier molecular flexibility index (Phi) is 5.90. The van der Waals surface area contributed by atoms with Crippen LogP contribution >= 0.6 is 0 Å². The number of aliphatic carboxylic acids is 2. The third kappa shape index (κ3) is 3.37. The van der Waals surface area contributed by atoms with Gasteiger partial charge in [0.05, 0.1) is 23.7 Å². The topological polar surface area (TPSA) is 149 Å². The van der Waals surface area contributed by atoms with Crippen LogP contribution in [0.5, 0.6) is 0 Å². The van der Waals surface area contributed by atoms with E-state index in [4.69, 9.17) is 0 Å². The molecule has 2 heterocycles. The van der Waals surface area contributed by atoms with E-state index in [-0.39, 0.29) is 24.7 Å². The third-order valence-corrected chi connectivity index (χ3v) is 7.66. The molecule has 34 heavy (non-hydrogen) atoms. The van der Waals surface area contributed by atoms with Crippen molar-refractivity contribution in [3.05, 3.63) is 12.2 Å². The average molecular weight is 475 g/mol. The molecule has 0 aromatic rings. The number of imide groups is 2. The number of rotatable bonds is 8. The molecule has 0 aromatic carbocycles. The predicted octanol–water partition coefficient (Wildman–Crippen LogP) is 1.00. The van der Waals surface area contributed by atoms with Crippen LogP contribution in [0.1, 0.15) is 40.5 Å². The molecule has 3 aliphatic carbocycles. The number of hydrogen-bond donors (Lipinski definition) is 2. The number of carbonyl (C=O) groups excluding carboxylic acids is 4. The molecule has 2 unspecified atom stereocenters. The smallest absolute Gasteiger partial charge is 0.326 e. The number of carboxylic acids is 2. The van der Waals surface area contributed by atoms with Crippen LogP contribution in [0.2, 0.25) is 0 Å². The van der Waals surface area contributed by atoms with Crippen molar-refractivity contribution in [1.82, 2.24) is 9.80 Å². The lowest BCUT2D eigenvalue weighted by molar-refractivity contribution is -0.156. The first kappa shape index (κ1) is 24.1. The van der Waals surface area contributed by atoms with E-state index in [1.54, 1.807) is 39.8 Å². The molecule has 5 aliphatic rings. The van der Waals surface area contributed by atoms with E-state index in [1.807, 2.05) is 0 Å². The molecular formula is C24H30N2O8. The molecule has 0 spiro atoms. The lowest BCUT2D eigenvalue weighted by Gasteiger charge is -2.44. The van der Waals surface area contributed by atoms with E-state index in [0.717, 1.165) is 9.80 Å². The van der Waals surface area contributed by atoms with Gasteiger partial charge in [0.25, 0.3) is 0 Å². The highest BCUT2D eigenvalue weighted by molar-refractivity contribution is 6.13. The van der Waals surface area contributed by atoms with Gasteiger partial charge in [-0.3, -0.25) is 29.0 Å². The number of nitrogens with zero attached hydrogens (tertiary/aromatic N) is 2. The lowest BCUT2D eigenvalue weighted by atomic mass is 9.54. The summed E-state index contributed by atoms with van der Waals surface area (Å²) in [6.07, 6.45) is 3.55. The lowest BCUT2D eigenvalue weighted by Crippen LogP contribution is -2.50. The average Bonchev–Trinajstić information content (AvgIpc) is 3.17. The largest absolute Gasteiger partial charge is 0.480 e. The van der Waals surface area contributed by atoms with Crippen LogP contribution < -0.4 is 0 Å². The van der Waals surface area contributed by atoms with Gasteiger partial charge in [-0.15, -0.1) is 0 Å². The minimum Gasteiger partial charge on any atom is -0.480 e. The Hall–Kier alpha value is -3.04. The van der Waals surface area contributed by atoms with Crippen LogP contribution in [-0.4, -0.2) is 67.7 Å². The van der Waals surface area contributed by atoms with E-state index in [9.17, 15) is 39.0 Å². The molecule has 0 aromatic heterocycles. The highest BCUT2D eigenvalue weighted by atomic mass is 16.4. The van der Waals surface area contributed by atoms with Crippen molar-refractivity contribution in [3.8, 4) is 0 Å². The molecule has 8 atom stereocenters. The number of allylic oxidation sites excluding steroid dienone is 2. The predicted molar refractivity (Wildman–Crippen MR) is 116 cm³/mol. The maximum atomic E-state index is 13.4. The van der Waals surface area contributed by atoms with E-state index in [2.05, 4.69) is 0 Å². The van der Waals surface area contributed by atoms with Crippen molar-refractivity contribution in [2.75, 3.05) is 0 Å². The Morgan fingerprint density at radius 2 is 0.941 bits per heavy atom. The molecule has 3 fully saturated rings. The third-order valence-electron chi connectivity index (χ3n) is 7.66. The Bertz CT molecular complexity index is 879. The van der Waals surface area contributed by atoms with Crippen molar-refractivity contribution < 1.29 is 39.0 Å². The zero-order valence-electron chi connectivity index (χ0n) is 19.6. The first-order valence-corrected chi connectivity index (χ1v) is 11.8. The van der Waals surface area contributed by atoms with Gasteiger partial charge >= 0.3 is 11.9 Å². The fourth-order valence-corrected chi connectivity index (χ4v) is 6.41. The summed E-state index contributed by atoms with van der Waals surface area (Å²) in [5.74, 6) is -10.4. The maximum Gasteiger partial charge on any atom is 0.326 e. The fraction of sp³-hybridized carbons (Fsp3) is 0.667. The maximum absolute atomic E-state index is 13.4. The van der Waals surface area contributed by atoms with Crippen molar-refractivity contribution >= 4 is 35.6 Å². The van der Waals surface area contributed by atoms with Crippen LogP contribution in [-0.2, 0) is 28.8 Å². The second kappa shape index (κ2) is 8.32. The van der Waals surface area contributed by atoms with Gasteiger partial charge in [-0.1, -0.05) is 39.8 Å². The summed E-state index contributed by atoms with van der Waals surface area (Å²) in [4.78, 5) is 79.2. The first-order valence-electron chi connectivity index (χ1n) is 11.8. The van der Waals surface area contributed by atoms with Crippen molar-refractivity contribution in [1.29, 1.82) is 0 Å². The normalized spacial score (nSPS) is 33.7. The first-order chi connectivity index (χ1) is 15.9. The van der Waals surface area contributed by atoms with Gasteiger partial charge in [-0.05, 0) is 24.7 Å². The van der Waals surface area contributed by atoms with Crippen LogP contribution in [0.3, 0.4) is 0 Å². The van der Waals surface area contributed by atoms with E-state index >= 15 is 0 Å². The van der Waals surface area contributed by atoms with Gasteiger partial charge in [0, 0.05) is 11.8 Å². The molecule has 2 saturated heterocycles. The highest BCUT2D eigenvalue weighted by Gasteiger charge is 2.70. The summed E-state index contributed by atoms with van der Waals surface area (Å²) in [6.45, 7) is 7.19. The summed E-state index contributed by atoms with van der Waals surface area (Å²) in [5, 5.41) is 19.5. The zero-order valence-corrected chi connectivity index (χ0v) is 19.6. The van der Waals surface area contributed by atoms with Gasteiger partial charge in [-0.2, -0.15) is 0 Å². The molecule has 0 radical (unpaired) electrons. The van der Waals surface area contributed by atoms with Crippen LogP contribution in [0.4, 0.5) is 0 Å². The summed E-state index contributed by atoms with van der Waals surface area (Å²) in [5.41, 5.74) is 0. The highest BCUT2D eigenvalue weighted by Crippen LogP contribution is 2.58. The zero-order chi connectivity index (χ0) is 25.2. The van der Waals surface area contributed by atoms with Gasteiger partial charge in [0.15, 0.2) is 0 Å². The fourth-order valence-electron chi connectivity index (χ4n) is 6.41. The molecule has 10 nitrogen and oxygen atoms in total. The van der Waals surface area contributed by atoms with E-state index < -0.39 is 83.2 Å². The van der Waals surface area contributed by atoms with Crippen molar-refractivity contribution in [2.45, 2.75) is 52.6 Å². The van der Waals surface area contributed by atoms with Gasteiger partial charge in [0.2, 0.25) is 23.6 Å². The van der Waals surface area contributed by atoms with Crippen molar-refractivity contribution in [2.24, 2.45) is 47.3 Å². The van der Waals surface area contributed by atoms with Crippen LogP contribution in [0, 0.1) is 47.3 Å². The summed E-state index contributed by atoms with van der Waals surface area (Å²) in [7, 11) is 0. The minimum atomic E-state index is -1.31. The SMILES string of the molecule is CC(C)C[C@H](C(=O)O)N1C(=O)[C@@H]2C3C=CC([C@@H]2C1=O)[C@@H]1C(=O)N([C@@H](CC(C)C)C(=O)O)C(=O)[C@@H]31. The number of likely N-dealkylation sites (tertiary alicyclic amines) is 2. The molecule has 184 valence electrons. The summed E-state index contributed by atoms with van der Waals surface area (Å²) in [6, 6.07) is -2.62. The Balaban J connectivity index is 1.70. The minimum absolute atomic E-state index is 0.0795.